The van der Waals surface area contributed by atoms with Crippen molar-refractivity contribution in [1.29, 1.82) is 0 Å². The van der Waals surface area contributed by atoms with Crippen molar-refractivity contribution < 1.29 is 0 Å². The van der Waals surface area contributed by atoms with Crippen molar-refractivity contribution in [2.24, 2.45) is 9.77 Å². The van der Waals surface area contributed by atoms with Gasteiger partial charge in [-0.15, -0.1) is 0 Å². The molecule has 0 amide bonds. The van der Waals surface area contributed by atoms with Gasteiger partial charge in [0, 0.05) is 0 Å². The molecule has 0 fully saturated rings. The van der Waals surface area contributed by atoms with E-state index in [9.17, 15) is 0 Å². The van der Waals surface area contributed by atoms with E-state index < -0.39 is 7.56 Å². The molecular formula is C12H11N6P. The molecule has 0 atom stereocenters. The first-order chi connectivity index (χ1) is 9.33. The van der Waals surface area contributed by atoms with Crippen LogP contribution in [0.25, 0.3) is 20.9 Å². The topological polar surface area (TPSA) is 97.5 Å². The Hall–Kier alpha value is -2.51. The van der Waals surface area contributed by atoms with Crippen LogP contribution < -0.4 is 10.6 Å². The van der Waals surface area contributed by atoms with Crippen LogP contribution in [-0.4, -0.2) is 0 Å². The molecule has 0 unspecified atom stereocenters. The number of hydrogen-bond acceptors (Lipinski definition) is 2. The Kier molecular flexibility index (Phi) is 4.01. The molecule has 0 saturated heterocycles. The Morgan fingerprint density at radius 1 is 0.684 bits per heavy atom. The van der Waals surface area contributed by atoms with Gasteiger partial charge in [-0.3, -0.25) is 0 Å². The molecule has 0 bridgehead atoms. The third-order valence-corrected chi connectivity index (χ3v) is 5.77. The van der Waals surface area contributed by atoms with Crippen LogP contribution in [-0.2, 0) is 0 Å². The first-order valence-corrected chi connectivity index (χ1v) is 7.46. The normalized spacial score (nSPS) is 10.9. The SMILES string of the molecule is [N-]=[N+]=N[PH](N=[N+]=[N-])(c1ccccc1)c1ccccc1. The summed E-state index contributed by atoms with van der Waals surface area (Å²) in [5.74, 6) is 0. The van der Waals surface area contributed by atoms with Gasteiger partial charge in [0.15, 0.2) is 0 Å². The predicted octanol–water partition coefficient (Wildman–Crippen LogP) is 3.84. The number of azide groups is 1. The maximum atomic E-state index is 8.86. The zero-order chi connectivity index (χ0) is 13.6. The van der Waals surface area contributed by atoms with Crippen LogP contribution in [0.15, 0.2) is 70.4 Å². The number of nitrogens with zero attached hydrogens (tertiary/aromatic N) is 6. The minimum atomic E-state index is -3.13. The molecule has 0 heterocycles. The molecule has 19 heavy (non-hydrogen) atoms. The fraction of sp³-hybridized carbons (Fsp3) is 0. The third kappa shape index (κ3) is 2.51. The van der Waals surface area contributed by atoms with E-state index in [2.05, 4.69) is 19.6 Å². The van der Waals surface area contributed by atoms with Gasteiger partial charge in [-0.25, -0.2) is 0 Å². The maximum absolute atomic E-state index is 8.86. The molecule has 2 rings (SSSR count). The van der Waals surface area contributed by atoms with Gasteiger partial charge in [-0.2, -0.15) is 0 Å². The molecule has 0 aliphatic carbocycles. The molecule has 0 aliphatic heterocycles. The van der Waals surface area contributed by atoms with Gasteiger partial charge in [-0.1, -0.05) is 0 Å². The Labute approximate surface area is 110 Å². The zero-order valence-electron chi connectivity index (χ0n) is 9.96. The Morgan fingerprint density at radius 2 is 1.05 bits per heavy atom. The van der Waals surface area contributed by atoms with E-state index in [-0.39, 0.29) is 0 Å². The van der Waals surface area contributed by atoms with E-state index in [0.29, 0.717) is 0 Å². The molecule has 2 aromatic carbocycles. The van der Waals surface area contributed by atoms with Crippen LogP contribution in [0.2, 0.25) is 0 Å². The molecule has 0 spiro atoms. The van der Waals surface area contributed by atoms with Gasteiger partial charge in [0.2, 0.25) is 0 Å². The standard InChI is InChI=1S/C12H11N6P/c13-15-17-19(18-16-14,11-7-3-1-4-8-11)12-9-5-2-6-10-12/h1-10,19H. The average molecular weight is 270 g/mol. The van der Waals surface area contributed by atoms with Crippen molar-refractivity contribution in [3.8, 4) is 0 Å². The van der Waals surface area contributed by atoms with E-state index in [0.717, 1.165) is 10.6 Å². The van der Waals surface area contributed by atoms with Crippen LogP contribution in [0.4, 0.5) is 0 Å². The molecule has 0 N–H and O–H groups in total. The Morgan fingerprint density at radius 3 is 1.37 bits per heavy atom. The van der Waals surface area contributed by atoms with Gasteiger partial charge in [-0.05, 0) is 0 Å². The van der Waals surface area contributed by atoms with Crippen molar-refractivity contribution >= 4 is 18.2 Å². The number of rotatable bonds is 4. The van der Waals surface area contributed by atoms with Gasteiger partial charge >= 0.3 is 109 Å². The van der Waals surface area contributed by atoms with Crippen LogP contribution in [0.3, 0.4) is 0 Å². The molecule has 2 aromatic rings. The van der Waals surface area contributed by atoms with Crippen LogP contribution in [0, 0.1) is 0 Å². The molecule has 0 aromatic heterocycles. The first-order valence-electron chi connectivity index (χ1n) is 5.57. The average Bonchev–Trinajstić information content (AvgIpc) is 2.49. The molecule has 0 aliphatic rings. The molecule has 7 heteroatoms. The van der Waals surface area contributed by atoms with Gasteiger partial charge in [0.1, 0.15) is 0 Å². The summed E-state index contributed by atoms with van der Waals surface area (Å²) in [5.41, 5.74) is 17.7. The fourth-order valence-corrected chi connectivity index (χ4v) is 4.30. The molecule has 94 valence electrons. The van der Waals surface area contributed by atoms with Crippen LogP contribution >= 0.6 is 7.56 Å². The molecule has 6 nitrogen and oxygen atoms in total. The summed E-state index contributed by atoms with van der Waals surface area (Å²) in [6, 6.07) is 18.3. The van der Waals surface area contributed by atoms with Gasteiger partial charge in [0.05, 0.1) is 0 Å². The summed E-state index contributed by atoms with van der Waals surface area (Å²) in [6.45, 7) is 0. The first kappa shape index (κ1) is 12.9. The van der Waals surface area contributed by atoms with E-state index in [1.165, 1.54) is 0 Å². The van der Waals surface area contributed by atoms with E-state index in [1.807, 2.05) is 60.7 Å². The van der Waals surface area contributed by atoms with Crippen molar-refractivity contribution in [2.75, 3.05) is 0 Å². The van der Waals surface area contributed by atoms with Gasteiger partial charge in [0.25, 0.3) is 0 Å². The van der Waals surface area contributed by atoms with Crippen molar-refractivity contribution in [2.45, 2.75) is 0 Å². The second kappa shape index (κ2) is 5.89. The van der Waals surface area contributed by atoms with E-state index in [4.69, 9.17) is 11.1 Å². The van der Waals surface area contributed by atoms with Gasteiger partial charge < -0.3 is 0 Å². The van der Waals surface area contributed by atoms with Crippen LogP contribution in [0.5, 0.6) is 0 Å². The second-order valence-electron chi connectivity index (χ2n) is 3.78. The summed E-state index contributed by atoms with van der Waals surface area (Å²) in [6.07, 6.45) is 0. The van der Waals surface area contributed by atoms with E-state index >= 15 is 0 Å². The van der Waals surface area contributed by atoms with Crippen molar-refractivity contribution in [1.82, 2.24) is 0 Å². The third-order valence-electron chi connectivity index (χ3n) is 2.73. The zero-order valence-corrected chi connectivity index (χ0v) is 11.0. The fourth-order valence-electron chi connectivity index (χ4n) is 1.89. The van der Waals surface area contributed by atoms with Crippen LogP contribution in [0.1, 0.15) is 0 Å². The summed E-state index contributed by atoms with van der Waals surface area (Å²) >= 11 is 0. The minimum absolute atomic E-state index is 0.761. The monoisotopic (exact) mass is 270 g/mol. The number of benzene rings is 2. The summed E-state index contributed by atoms with van der Waals surface area (Å²) < 4.78 is 0. The van der Waals surface area contributed by atoms with E-state index in [1.54, 1.807) is 0 Å². The quantitative estimate of drug-likeness (QED) is 0.349. The second-order valence-corrected chi connectivity index (χ2v) is 6.68. The van der Waals surface area contributed by atoms with Crippen molar-refractivity contribution in [3.63, 3.8) is 0 Å². The Bertz CT molecular complexity index is 585. The summed E-state index contributed by atoms with van der Waals surface area (Å²) in [5, 5.41) is 1.52. The Balaban J connectivity index is 2.75. The molecule has 0 saturated carbocycles. The summed E-state index contributed by atoms with van der Waals surface area (Å²) in [4.78, 5) is 13.6. The number of hydrogen-bond donors (Lipinski definition) is 0. The predicted molar refractivity (Wildman–Crippen MR) is 78.8 cm³/mol. The van der Waals surface area contributed by atoms with Crippen molar-refractivity contribution in [3.05, 3.63) is 81.5 Å². The molecule has 0 radical (unpaired) electrons. The summed E-state index contributed by atoms with van der Waals surface area (Å²) in [7, 11) is -3.13. The molecular weight excluding hydrogens is 259 g/mol.